The van der Waals surface area contributed by atoms with E-state index < -0.39 is 57.8 Å². The lowest BCUT2D eigenvalue weighted by atomic mass is 9.45. The highest BCUT2D eigenvalue weighted by molar-refractivity contribution is 6.26. The molecule has 9 heteroatoms. The summed E-state index contributed by atoms with van der Waals surface area (Å²) >= 11 is 7.54. The van der Waals surface area contributed by atoms with Crippen LogP contribution in [0.5, 0.6) is 0 Å². The Morgan fingerprint density at radius 1 is 1.10 bits per heavy atom. The van der Waals surface area contributed by atoms with Crippen LogP contribution in [-0.2, 0) is 28.6 Å². The van der Waals surface area contributed by atoms with Gasteiger partial charge in [-0.25, -0.2) is 4.79 Å². The molecule has 41 heavy (non-hydrogen) atoms. The van der Waals surface area contributed by atoms with Crippen molar-refractivity contribution >= 4 is 35.3 Å². The number of ether oxygens (including phenoxy) is 3. The van der Waals surface area contributed by atoms with E-state index in [1.54, 1.807) is 6.08 Å². The zero-order valence-electron chi connectivity index (χ0n) is 25.0. The van der Waals surface area contributed by atoms with Gasteiger partial charge in [0, 0.05) is 23.2 Å². The summed E-state index contributed by atoms with van der Waals surface area (Å²) in [4.78, 5) is 50.6. The van der Waals surface area contributed by atoms with E-state index in [2.05, 4.69) is 0 Å². The van der Waals surface area contributed by atoms with E-state index in [1.807, 2.05) is 40.7 Å². The predicted octanol–water partition coefficient (Wildman–Crippen LogP) is 5.87. The fraction of sp³-hybridized carbons (Fsp3) is 0.750. The van der Waals surface area contributed by atoms with Crippen LogP contribution in [0.25, 0.3) is 0 Å². The van der Waals surface area contributed by atoms with Crippen molar-refractivity contribution in [1.29, 1.82) is 0 Å². The Hall–Kier alpha value is -2.19. The predicted molar refractivity (Wildman–Crippen MR) is 153 cm³/mol. The number of allylic oxidation sites excluding steroid dienone is 4. The van der Waals surface area contributed by atoms with Crippen molar-refractivity contribution in [3.63, 3.8) is 0 Å². The van der Waals surface area contributed by atoms with Gasteiger partial charge in [0.2, 0.25) is 5.78 Å². The number of carbonyl (C=O) groups excluding carboxylic acids is 4. The van der Waals surface area contributed by atoms with Gasteiger partial charge < -0.3 is 19.3 Å². The molecule has 0 spiro atoms. The lowest BCUT2D eigenvalue weighted by Gasteiger charge is -2.64. The summed E-state index contributed by atoms with van der Waals surface area (Å²) in [5.41, 5.74) is -2.53. The molecule has 4 rings (SSSR count). The van der Waals surface area contributed by atoms with Crippen LogP contribution >= 0.6 is 11.6 Å². The van der Waals surface area contributed by atoms with Gasteiger partial charge in [-0.1, -0.05) is 59.1 Å². The van der Waals surface area contributed by atoms with Gasteiger partial charge >= 0.3 is 12.1 Å². The van der Waals surface area contributed by atoms with Crippen LogP contribution in [0.4, 0.5) is 4.79 Å². The minimum atomic E-state index is -1.68. The maximum Gasteiger partial charge on any atom is 0.509 e. The molecule has 8 atom stereocenters. The summed E-state index contributed by atoms with van der Waals surface area (Å²) in [6.07, 6.45) is 8.11. The Balaban J connectivity index is 1.72. The maximum atomic E-state index is 14.1. The van der Waals surface area contributed by atoms with E-state index in [4.69, 9.17) is 25.8 Å². The molecule has 0 bridgehead atoms. The second kappa shape index (κ2) is 11.8. The molecular formula is C32H45ClO8. The molecule has 0 saturated heterocycles. The summed E-state index contributed by atoms with van der Waals surface area (Å²) in [7, 11) is 0. The number of esters is 1. The quantitative estimate of drug-likeness (QED) is 0.190. The molecule has 0 aromatic carbocycles. The summed E-state index contributed by atoms with van der Waals surface area (Å²) in [6, 6.07) is 0. The minimum absolute atomic E-state index is 0.0877. The van der Waals surface area contributed by atoms with Crippen molar-refractivity contribution < 1.29 is 38.5 Å². The number of Topliss-reactive ketones (excluding diaryl/α,β-unsaturated/α-hetero) is 1. The van der Waals surface area contributed by atoms with Crippen LogP contribution in [0, 0.1) is 28.6 Å². The zero-order valence-corrected chi connectivity index (χ0v) is 25.8. The van der Waals surface area contributed by atoms with Gasteiger partial charge in [0.1, 0.15) is 0 Å². The summed E-state index contributed by atoms with van der Waals surface area (Å²) < 4.78 is 16.9. The molecule has 3 saturated carbocycles. The van der Waals surface area contributed by atoms with Crippen molar-refractivity contribution in [3.8, 4) is 0 Å². The number of ketones is 2. The zero-order chi connectivity index (χ0) is 30.2. The number of hydrogen-bond donors (Lipinski definition) is 1. The van der Waals surface area contributed by atoms with Gasteiger partial charge in [-0.2, -0.15) is 0 Å². The number of unbranched alkanes of at least 4 members (excludes halogenated alkanes) is 2. The first-order chi connectivity index (χ1) is 19.3. The maximum absolute atomic E-state index is 14.1. The third-order valence-corrected chi connectivity index (χ3v) is 11.6. The Bertz CT molecular complexity index is 1130. The van der Waals surface area contributed by atoms with Crippen LogP contribution < -0.4 is 0 Å². The third kappa shape index (κ3) is 4.97. The lowest BCUT2D eigenvalue weighted by Crippen LogP contribution is -2.69. The molecule has 0 aliphatic heterocycles. The number of halogens is 1. The van der Waals surface area contributed by atoms with Crippen LogP contribution in [0.3, 0.4) is 0 Å². The van der Waals surface area contributed by atoms with Gasteiger partial charge in [-0.05, 0) is 62.5 Å². The van der Waals surface area contributed by atoms with Crippen molar-refractivity contribution in [1.82, 2.24) is 0 Å². The highest BCUT2D eigenvalue weighted by Crippen LogP contribution is 2.72. The molecule has 0 radical (unpaired) electrons. The Morgan fingerprint density at radius 3 is 2.51 bits per heavy atom. The number of aliphatic hydroxyl groups is 1. The molecule has 3 fully saturated rings. The van der Waals surface area contributed by atoms with E-state index in [-0.39, 0.29) is 37.1 Å². The summed E-state index contributed by atoms with van der Waals surface area (Å²) in [5.74, 6) is -1.96. The fourth-order valence-corrected chi connectivity index (χ4v) is 9.12. The van der Waals surface area contributed by atoms with E-state index >= 15 is 0 Å². The Labute approximate surface area is 248 Å². The van der Waals surface area contributed by atoms with E-state index in [0.717, 1.165) is 18.4 Å². The Morgan fingerprint density at radius 2 is 1.83 bits per heavy atom. The highest BCUT2D eigenvalue weighted by Gasteiger charge is 2.76. The molecule has 0 aromatic rings. The van der Waals surface area contributed by atoms with E-state index in [1.165, 1.54) is 6.08 Å². The second-order valence-electron chi connectivity index (χ2n) is 12.9. The minimum Gasteiger partial charge on any atom is -0.457 e. The van der Waals surface area contributed by atoms with Gasteiger partial charge in [-0.15, -0.1) is 11.6 Å². The molecule has 228 valence electrons. The molecule has 0 aromatic heterocycles. The van der Waals surface area contributed by atoms with Crippen LogP contribution in [0.15, 0.2) is 23.8 Å². The molecule has 8 nitrogen and oxygen atoms in total. The topological polar surface area (TPSA) is 116 Å². The van der Waals surface area contributed by atoms with Gasteiger partial charge in [0.15, 0.2) is 18.0 Å². The molecular weight excluding hydrogens is 548 g/mol. The molecule has 0 amide bonds. The Kier molecular flexibility index (Phi) is 9.16. The largest absolute Gasteiger partial charge is 0.509 e. The van der Waals surface area contributed by atoms with Crippen molar-refractivity contribution in [2.24, 2.45) is 28.6 Å². The monoisotopic (exact) mass is 592 g/mol. The molecule has 4 aliphatic rings. The number of aliphatic hydroxyl groups excluding tert-OH is 1. The van der Waals surface area contributed by atoms with Crippen LogP contribution in [-0.4, -0.2) is 58.6 Å². The highest BCUT2D eigenvalue weighted by atomic mass is 35.5. The van der Waals surface area contributed by atoms with Gasteiger partial charge in [0.05, 0.1) is 17.6 Å². The normalized spacial score (nSPS) is 39.2. The standard InChI is InChI=1S/C32H45ClO8/c1-6-8-9-15-39-28(38)41-32(26(36)19-40-27(37)10-7-2)20(3)16-24-23-12-11-21-17-22(34)13-14-29(21,4)31(23,33)25(35)18-30(24,32)5/h13-14,17,20,23-25,35H,6-12,15-16,18-19H2,1-5H3/t20-,23+,24+,25?,29+,30+,31+,32+/m1/s1. The van der Waals surface area contributed by atoms with Crippen molar-refractivity contribution in [3.05, 3.63) is 23.8 Å². The average molecular weight is 593 g/mol. The summed E-state index contributed by atoms with van der Waals surface area (Å²) in [6.45, 7) is 9.27. The van der Waals surface area contributed by atoms with Crippen LogP contribution in [0.2, 0.25) is 0 Å². The van der Waals surface area contributed by atoms with Crippen molar-refractivity contribution in [2.75, 3.05) is 13.2 Å². The molecule has 4 aliphatic carbocycles. The smallest absolute Gasteiger partial charge is 0.457 e. The van der Waals surface area contributed by atoms with Gasteiger partial charge in [0.25, 0.3) is 0 Å². The fourth-order valence-electron chi connectivity index (χ4n) is 8.60. The molecule has 1 N–H and O–H groups in total. The first-order valence-electron chi connectivity index (χ1n) is 15.2. The number of rotatable bonds is 10. The number of alkyl halides is 1. The van der Waals surface area contributed by atoms with Crippen LogP contribution in [0.1, 0.15) is 92.4 Å². The molecule has 0 heterocycles. The molecule has 1 unspecified atom stereocenters. The van der Waals surface area contributed by atoms with Crippen molar-refractivity contribution in [2.45, 2.75) is 109 Å². The number of carbonyl (C=O) groups is 4. The first-order valence-corrected chi connectivity index (χ1v) is 15.6. The van der Waals surface area contributed by atoms with E-state index in [0.29, 0.717) is 32.1 Å². The SMILES string of the molecule is CCCCCOC(=O)O[C@]1(C(=O)COC(=O)CCC)[C@H](C)C[C@H]2[C@@H]3CCC4=CC(=O)C=C[C@]4(C)[C@@]3(Cl)C(O)C[C@@]21C. The second-order valence-corrected chi connectivity index (χ2v) is 13.5. The lowest BCUT2D eigenvalue weighted by molar-refractivity contribution is -0.187. The average Bonchev–Trinajstić information content (AvgIpc) is 3.13. The summed E-state index contributed by atoms with van der Waals surface area (Å²) in [5, 5.41) is 11.9. The first kappa shape index (κ1) is 31.7. The van der Waals surface area contributed by atoms with Gasteiger partial charge in [-0.3, -0.25) is 14.4 Å². The van der Waals surface area contributed by atoms with E-state index in [9.17, 15) is 24.3 Å². The number of fused-ring (bicyclic) bond motifs is 5. The third-order valence-electron chi connectivity index (χ3n) is 10.6. The number of hydrogen-bond acceptors (Lipinski definition) is 8.